The SMILES string of the molecule is CCC(C)Nc1c([N+](=O)[O-])cc(C(F)(F)F)c(SC#N)c1[N+](=O)[O-]. The van der Waals surface area contributed by atoms with Crippen molar-refractivity contribution in [1.29, 1.82) is 5.26 Å². The lowest BCUT2D eigenvalue weighted by molar-refractivity contribution is -0.394. The number of nitrogens with one attached hydrogen (secondary N) is 1. The zero-order valence-electron chi connectivity index (χ0n) is 12.4. The number of nitriles is 1. The molecule has 0 heterocycles. The summed E-state index contributed by atoms with van der Waals surface area (Å²) >= 11 is -0.0657. The van der Waals surface area contributed by atoms with Crippen LogP contribution in [0.1, 0.15) is 25.8 Å². The van der Waals surface area contributed by atoms with Crippen molar-refractivity contribution in [2.24, 2.45) is 0 Å². The maximum atomic E-state index is 13.1. The third kappa shape index (κ3) is 4.05. The number of hydrogen-bond acceptors (Lipinski definition) is 7. The largest absolute Gasteiger partial charge is 0.418 e. The van der Waals surface area contributed by atoms with Crippen LogP contribution in [0.25, 0.3) is 0 Å². The van der Waals surface area contributed by atoms with E-state index in [4.69, 9.17) is 5.26 Å². The summed E-state index contributed by atoms with van der Waals surface area (Å²) in [5.41, 5.74) is -4.45. The molecule has 0 amide bonds. The molecule has 0 aliphatic carbocycles. The number of nitrogens with zero attached hydrogens (tertiary/aromatic N) is 3. The third-order valence-corrected chi connectivity index (χ3v) is 3.78. The van der Waals surface area contributed by atoms with E-state index in [1.807, 2.05) is 0 Å². The Labute approximate surface area is 137 Å². The third-order valence-electron chi connectivity index (χ3n) is 3.07. The van der Waals surface area contributed by atoms with Crippen LogP contribution < -0.4 is 5.32 Å². The Morgan fingerprint density at radius 3 is 2.33 bits per heavy atom. The monoisotopic (exact) mass is 364 g/mol. The van der Waals surface area contributed by atoms with Crippen LogP contribution in [-0.2, 0) is 6.18 Å². The second kappa shape index (κ2) is 7.35. The maximum Gasteiger partial charge on any atom is 0.418 e. The Balaban J connectivity index is 3.92. The molecule has 0 aromatic heterocycles. The van der Waals surface area contributed by atoms with Gasteiger partial charge in [0.25, 0.3) is 5.69 Å². The predicted octanol–water partition coefficient (Wildman–Crippen LogP) is 4.31. The summed E-state index contributed by atoms with van der Waals surface area (Å²) < 4.78 is 39.4. The van der Waals surface area contributed by atoms with Crippen molar-refractivity contribution in [2.75, 3.05) is 5.32 Å². The number of hydrogen-bond donors (Lipinski definition) is 1. The molecule has 0 fully saturated rings. The van der Waals surface area contributed by atoms with E-state index in [2.05, 4.69) is 5.32 Å². The van der Waals surface area contributed by atoms with Gasteiger partial charge in [-0.3, -0.25) is 20.2 Å². The second-order valence-corrected chi connectivity index (χ2v) is 5.45. The number of benzene rings is 1. The van der Waals surface area contributed by atoms with Crippen molar-refractivity contribution in [3.8, 4) is 5.40 Å². The van der Waals surface area contributed by atoms with Crippen LogP contribution in [0.2, 0.25) is 0 Å². The summed E-state index contributed by atoms with van der Waals surface area (Å²) in [6, 6.07) is -0.267. The number of nitro benzene ring substituents is 2. The fourth-order valence-electron chi connectivity index (χ4n) is 1.81. The van der Waals surface area contributed by atoms with E-state index in [1.54, 1.807) is 13.8 Å². The van der Waals surface area contributed by atoms with Gasteiger partial charge in [-0.25, -0.2) is 0 Å². The molecule has 0 saturated carbocycles. The first-order valence-electron chi connectivity index (χ1n) is 6.44. The van der Waals surface area contributed by atoms with E-state index in [0.29, 0.717) is 6.42 Å². The van der Waals surface area contributed by atoms with Crippen LogP contribution in [0.3, 0.4) is 0 Å². The first-order chi connectivity index (χ1) is 11.0. The van der Waals surface area contributed by atoms with Crippen molar-refractivity contribution in [2.45, 2.75) is 37.4 Å². The van der Waals surface area contributed by atoms with Gasteiger partial charge in [0.1, 0.15) is 10.3 Å². The summed E-state index contributed by atoms with van der Waals surface area (Å²) in [6.45, 7) is 3.24. The zero-order chi connectivity index (χ0) is 18.7. The van der Waals surface area contributed by atoms with Crippen LogP contribution in [0, 0.1) is 30.9 Å². The van der Waals surface area contributed by atoms with Crippen molar-refractivity contribution in [3.63, 3.8) is 0 Å². The van der Waals surface area contributed by atoms with Crippen molar-refractivity contribution >= 4 is 28.8 Å². The maximum absolute atomic E-state index is 13.1. The van der Waals surface area contributed by atoms with Crippen molar-refractivity contribution < 1.29 is 23.0 Å². The number of nitro groups is 2. The molecule has 0 aliphatic heterocycles. The standard InChI is InChI=1S/C12H11F3N4O4S/c1-3-6(2)17-9-8(18(20)21)4-7(12(13,14)15)11(24-5-16)10(9)19(22)23/h4,6,17H,3H2,1-2H3. The molecule has 1 atom stereocenters. The summed E-state index contributed by atoms with van der Waals surface area (Å²) in [4.78, 5) is 19.1. The number of alkyl halides is 3. The van der Waals surface area contributed by atoms with Gasteiger partial charge in [0.15, 0.2) is 5.69 Å². The van der Waals surface area contributed by atoms with E-state index >= 15 is 0 Å². The second-order valence-electron chi connectivity index (χ2n) is 4.65. The van der Waals surface area contributed by atoms with Crippen LogP contribution in [0.5, 0.6) is 0 Å². The molecular formula is C12H11F3N4O4S. The number of thiocyanates is 1. The average Bonchev–Trinajstić information content (AvgIpc) is 2.45. The molecule has 1 rings (SSSR count). The van der Waals surface area contributed by atoms with Crippen molar-refractivity contribution in [3.05, 3.63) is 31.9 Å². The van der Waals surface area contributed by atoms with Crippen LogP contribution >= 0.6 is 11.8 Å². The Hall–Kier alpha value is -2.55. The van der Waals surface area contributed by atoms with E-state index in [0.717, 1.165) is 0 Å². The predicted molar refractivity (Wildman–Crippen MR) is 79.6 cm³/mol. The number of halogens is 3. The zero-order valence-corrected chi connectivity index (χ0v) is 13.2. The van der Waals surface area contributed by atoms with Crippen LogP contribution in [-0.4, -0.2) is 15.9 Å². The summed E-state index contributed by atoms with van der Waals surface area (Å²) in [6.07, 6.45) is -4.68. The van der Waals surface area contributed by atoms with Gasteiger partial charge in [-0.15, -0.1) is 0 Å². The lowest BCUT2D eigenvalue weighted by Gasteiger charge is -2.17. The Kier molecular flexibility index (Phi) is 5.97. The Bertz CT molecular complexity index is 718. The lowest BCUT2D eigenvalue weighted by atomic mass is 10.1. The van der Waals surface area contributed by atoms with Gasteiger partial charge >= 0.3 is 11.9 Å². The van der Waals surface area contributed by atoms with Crippen molar-refractivity contribution in [1.82, 2.24) is 0 Å². The molecule has 0 aliphatic rings. The fraction of sp³-hybridized carbons (Fsp3) is 0.417. The molecule has 12 heteroatoms. The summed E-state index contributed by atoms with van der Waals surface area (Å²) in [5.74, 6) is 0. The Morgan fingerprint density at radius 2 is 1.96 bits per heavy atom. The molecule has 1 unspecified atom stereocenters. The van der Waals surface area contributed by atoms with E-state index in [1.165, 1.54) is 5.40 Å². The molecular weight excluding hydrogens is 353 g/mol. The highest BCUT2D eigenvalue weighted by atomic mass is 32.2. The van der Waals surface area contributed by atoms with Gasteiger partial charge in [0.2, 0.25) is 0 Å². The normalized spacial score (nSPS) is 12.3. The number of thioether (sulfide) groups is 1. The topological polar surface area (TPSA) is 122 Å². The van der Waals surface area contributed by atoms with Gasteiger partial charge in [0, 0.05) is 12.1 Å². The van der Waals surface area contributed by atoms with E-state index in [9.17, 15) is 33.4 Å². The molecule has 0 radical (unpaired) electrons. The molecule has 0 spiro atoms. The first-order valence-corrected chi connectivity index (χ1v) is 7.25. The minimum atomic E-state index is -5.09. The van der Waals surface area contributed by atoms with Gasteiger partial charge in [0.05, 0.1) is 15.4 Å². The quantitative estimate of drug-likeness (QED) is 0.345. The highest BCUT2D eigenvalue weighted by molar-refractivity contribution is 8.04. The first kappa shape index (κ1) is 19.5. The molecule has 24 heavy (non-hydrogen) atoms. The Morgan fingerprint density at radius 1 is 1.38 bits per heavy atom. The highest BCUT2D eigenvalue weighted by Crippen LogP contribution is 2.49. The highest BCUT2D eigenvalue weighted by Gasteiger charge is 2.43. The molecule has 8 nitrogen and oxygen atoms in total. The van der Waals surface area contributed by atoms with E-state index in [-0.39, 0.29) is 17.8 Å². The molecule has 1 aromatic rings. The van der Waals surface area contributed by atoms with Gasteiger partial charge in [-0.05, 0) is 25.1 Å². The lowest BCUT2D eigenvalue weighted by Crippen LogP contribution is -2.18. The van der Waals surface area contributed by atoms with Gasteiger partial charge < -0.3 is 5.32 Å². The van der Waals surface area contributed by atoms with Crippen LogP contribution in [0.4, 0.5) is 30.2 Å². The fourth-order valence-corrected chi connectivity index (χ4v) is 2.45. The average molecular weight is 364 g/mol. The smallest absolute Gasteiger partial charge is 0.371 e. The minimum Gasteiger partial charge on any atom is -0.371 e. The summed E-state index contributed by atoms with van der Waals surface area (Å²) in [5, 5.41) is 34.9. The summed E-state index contributed by atoms with van der Waals surface area (Å²) in [7, 11) is 0. The molecule has 0 saturated heterocycles. The minimum absolute atomic E-state index is 0.0657. The number of anilines is 1. The molecule has 130 valence electrons. The number of rotatable bonds is 6. The van der Waals surface area contributed by atoms with E-state index < -0.39 is 49.6 Å². The van der Waals surface area contributed by atoms with Crippen LogP contribution in [0.15, 0.2) is 11.0 Å². The molecule has 1 N–H and O–H groups in total. The van der Waals surface area contributed by atoms with Gasteiger partial charge in [-0.2, -0.15) is 18.4 Å². The molecule has 0 bridgehead atoms. The molecule has 1 aromatic carbocycles. The van der Waals surface area contributed by atoms with Gasteiger partial charge in [-0.1, -0.05) is 6.92 Å².